The van der Waals surface area contributed by atoms with E-state index in [1.54, 1.807) is 13.0 Å². The Kier molecular flexibility index (Phi) is 34.7. The predicted octanol–water partition coefficient (Wildman–Crippen LogP) is -2.39. The van der Waals surface area contributed by atoms with Crippen molar-refractivity contribution in [2.75, 3.05) is 32.9 Å². The first kappa shape index (κ1) is 92.6. The van der Waals surface area contributed by atoms with E-state index >= 15 is 0 Å². The third-order valence-corrected chi connectivity index (χ3v) is 19.8. The van der Waals surface area contributed by atoms with Gasteiger partial charge < -0.3 is 145 Å². The maximum atomic E-state index is 14.1. The van der Waals surface area contributed by atoms with Gasteiger partial charge in [0.05, 0.1) is 51.1 Å². The number of aliphatic hydroxyl groups is 11. The molecule has 6 rings (SSSR count). The molecule has 27 atom stereocenters. The minimum atomic E-state index is -5.95. The fourth-order valence-corrected chi connectivity index (χ4v) is 13.3. The van der Waals surface area contributed by atoms with Crippen LogP contribution in [0, 0.1) is 5.41 Å². The number of nitrogens with two attached hydrogens (primary N) is 1. The molecule has 21 N–H and O–H groups in total. The number of primary amides is 1. The average Bonchev–Trinajstić information content (AvgIpc) is 0.835. The first-order valence-electron chi connectivity index (χ1n) is 35.2. The van der Waals surface area contributed by atoms with Crippen molar-refractivity contribution in [2.45, 2.75) is 272 Å². The Bertz CT molecular complexity index is 3380. The van der Waals surface area contributed by atoms with Gasteiger partial charge in [0.1, 0.15) is 84.2 Å². The van der Waals surface area contributed by atoms with Crippen LogP contribution in [0.15, 0.2) is 70.7 Å². The van der Waals surface area contributed by atoms with E-state index in [1.807, 2.05) is 6.08 Å². The number of rotatable bonds is 40. The van der Waals surface area contributed by atoms with Gasteiger partial charge in [0, 0.05) is 12.8 Å². The summed E-state index contributed by atoms with van der Waals surface area (Å²) >= 11 is 0. The molecular formula is C68H105N4O37P. The minimum absolute atomic E-state index is 0.156. The van der Waals surface area contributed by atoms with Crippen LogP contribution < -0.4 is 21.7 Å². The zero-order chi connectivity index (χ0) is 82.2. The van der Waals surface area contributed by atoms with Crippen LogP contribution in [0.1, 0.15) is 113 Å². The van der Waals surface area contributed by atoms with Crippen LogP contribution in [-0.4, -0.2) is 315 Å². The fraction of sp³-hybridized carbons (Fsp3) is 0.721. The van der Waals surface area contributed by atoms with E-state index in [0.29, 0.717) is 19.8 Å². The van der Waals surface area contributed by atoms with Crippen molar-refractivity contribution in [3.63, 3.8) is 0 Å². The molecule has 5 aliphatic heterocycles. The Hall–Kier alpha value is -6.24. The molecule has 0 bridgehead atoms. The zero-order valence-electron chi connectivity index (χ0n) is 61.7. The molecule has 0 saturated carbocycles. The van der Waals surface area contributed by atoms with Crippen LogP contribution in [0.2, 0.25) is 0 Å². The molecule has 0 spiro atoms. The van der Waals surface area contributed by atoms with E-state index in [9.17, 15) is 120 Å². The highest BCUT2D eigenvalue weighted by Crippen LogP contribution is 2.49. The second kappa shape index (κ2) is 41.2. The highest BCUT2D eigenvalue weighted by Gasteiger charge is 2.63. The summed E-state index contributed by atoms with van der Waals surface area (Å²) in [7, 11) is -5.95. The Morgan fingerprint density at radius 1 is 0.700 bits per heavy atom. The molecule has 624 valence electrons. The summed E-state index contributed by atoms with van der Waals surface area (Å²) in [5.41, 5.74) is 6.02. The van der Waals surface area contributed by atoms with E-state index in [4.69, 9.17) is 66.9 Å². The highest BCUT2D eigenvalue weighted by molar-refractivity contribution is 7.47. The summed E-state index contributed by atoms with van der Waals surface area (Å²) in [6, 6.07) is -4.25. The van der Waals surface area contributed by atoms with E-state index in [-0.39, 0.29) is 24.9 Å². The van der Waals surface area contributed by atoms with E-state index in [0.717, 1.165) is 50.2 Å². The molecule has 42 heteroatoms. The van der Waals surface area contributed by atoms with Gasteiger partial charge in [-0.2, -0.15) is 0 Å². The van der Waals surface area contributed by atoms with Gasteiger partial charge in [0.15, 0.2) is 74.0 Å². The number of hydrogen-bond acceptors (Lipinski definition) is 34. The lowest BCUT2D eigenvalue weighted by Gasteiger charge is -2.52. The molecule has 41 nitrogen and oxygen atoms in total. The van der Waals surface area contributed by atoms with Gasteiger partial charge in [-0.05, 0) is 91.9 Å². The molecule has 0 aromatic carbocycles. The van der Waals surface area contributed by atoms with Crippen molar-refractivity contribution in [2.24, 2.45) is 11.1 Å². The van der Waals surface area contributed by atoms with Crippen LogP contribution in [0.3, 0.4) is 0 Å². The van der Waals surface area contributed by atoms with Gasteiger partial charge >= 0.3 is 37.8 Å². The molecule has 5 heterocycles. The van der Waals surface area contributed by atoms with Gasteiger partial charge in [0.2, 0.25) is 0 Å². The van der Waals surface area contributed by atoms with E-state index in [1.165, 1.54) is 11.1 Å². The molecule has 0 aromatic heterocycles. The largest absolute Gasteiger partial charge is 0.510 e. The van der Waals surface area contributed by atoms with Crippen molar-refractivity contribution >= 4 is 49.5 Å². The number of phosphoric acid groups is 1. The second-order valence-electron chi connectivity index (χ2n) is 28.6. The normalized spacial score (nSPS) is 35.5. The Morgan fingerprint density at radius 2 is 1.27 bits per heavy atom. The number of carbonyl (C=O) groups is 7. The topological polar surface area (TPSA) is 642 Å². The van der Waals surface area contributed by atoms with Gasteiger partial charge in [-0.1, -0.05) is 73.1 Å². The number of aliphatic hydroxyl groups excluding tert-OH is 10. The Morgan fingerprint density at radius 3 is 1.85 bits per heavy atom. The van der Waals surface area contributed by atoms with Gasteiger partial charge in [-0.15, -0.1) is 0 Å². The summed E-state index contributed by atoms with van der Waals surface area (Å²) in [6.07, 6.45) is -39.6. The highest BCUT2D eigenvalue weighted by atomic mass is 31.2. The number of Topliss-reactive ketones (excluding diaryl/α,β-unsaturated/α-hetero) is 1. The number of amides is 2. The summed E-state index contributed by atoms with van der Waals surface area (Å²) in [6.45, 7) is 13.1. The maximum Gasteiger partial charge on any atom is 0.474 e. The number of ketones is 1. The molecule has 5 fully saturated rings. The number of ether oxygens (including phenoxy) is 11. The number of allylic oxidation sites excluding steroid dienone is 10. The van der Waals surface area contributed by atoms with Crippen molar-refractivity contribution in [1.29, 1.82) is 0 Å². The van der Waals surface area contributed by atoms with Gasteiger partial charge in [-0.25, -0.2) is 18.9 Å². The summed E-state index contributed by atoms with van der Waals surface area (Å²) < 4.78 is 88.0. The van der Waals surface area contributed by atoms with Crippen LogP contribution in [0.4, 0.5) is 4.79 Å². The quantitative estimate of drug-likeness (QED) is 0.0225. The summed E-state index contributed by atoms with van der Waals surface area (Å²) in [5, 5.41) is 170. The standard InChI is InChI=1S/C68H105N4O37P/c1-29(2)13-12-15-30(3)16-17-32(5)20-23-67(7,8)22-11-10-14-31(4)21-24-97-37(58(89)90)28-98-110(95,96)109-65-54(55(106-66(69)93)68(9,94)56(105-65)59(91)92)104-61-42(71-26-39(78)79)45(82)53(64(107-61)108-62-49(86)46(83)43(80)36(27-73)100-62)103-60-41(70-25-38(76)77)44(81)51(33(6)99-60)101-63-50(87)47(84)48(85)52(102-63)57(88)72-40-34(74)18-19-35(40)75/h11,13,16,21-22,33,36-37,41-56,60-65,70-71,73-74,80-87,94H,5,10,12,14-15,17-20,23-28H2,1-4,6-9H3,(H2,69,93)(H,72,88)(H,76,77)(H,78,79)(H,89,90)(H,91,92)(H,95,96)/b22-11+,30-16+,31-21-/t33?,36?,37-,41?,42?,43?,44?,45?,46?,47?,48?,49?,50?,51?,52?,53?,54?,55?,56?,60?,61?,62?,63?,64?,65?,68?/m1/s1. The first-order chi connectivity index (χ1) is 51.4. The van der Waals surface area contributed by atoms with Crippen molar-refractivity contribution in [1.82, 2.24) is 16.0 Å². The summed E-state index contributed by atoms with van der Waals surface area (Å²) in [5.74, 6) is -9.76. The maximum absolute atomic E-state index is 14.1. The number of carboxylic acids is 4. The molecule has 0 aromatic rings. The van der Waals surface area contributed by atoms with Crippen molar-refractivity contribution < 1.29 is 181 Å². The molecule has 6 aliphatic rings. The Labute approximate surface area is 631 Å². The molecule has 26 unspecified atom stereocenters. The molecular weight excluding hydrogens is 1500 g/mol. The fourth-order valence-electron chi connectivity index (χ4n) is 12.4. The molecule has 1 aliphatic carbocycles. The molecule has 5 saturated heterocycles. The SMILES string of the molecule is C=C(C/C=C(\C)CCC=C(C)C)CCC(C)(C)/C=C/CC/C(C)=C\CO[C@H](COP(=O)(O)OC1OC(C(=O)O)C(C)(O)C(OC(N)=O)C1OC1OC(OC2OC(CO)C(O)C(O)C2O)C(OC2OC(C)C(OC3OC(C(=O)NC4=C(O)CCC4=O)C(O)C(O)C3O)C(O)C2NCC(=O)O)C(O)C1NCC(=O)O)C(=O)O. The summed E-state index contributed by atoms with van der Waals surface area (Å²) in [4.78, 5) is 99.8. The number of phosphoric ester groups is 1. The molecule has 0 radical (unpaired) electrons. The van der Waals surface area contributed by atoms with Crippen LogP contribution in [0.5, 0.6) is 0 Å². The molecule has 2 amide bonds. The monoisotopic (exact) mass is 1600 g/mol. The Balaban J connectivity index is 1.27. The first-order valence-corrected chi connectivity index (χ1v) is 36.7. The molecule has 110 heavy (non-hydrogen) atoms. The van der Waals surface area contributed by atoms with Crippen molar-refractivity contribution in [3.05, 3.63) is 70.7 Å². The second-order valence-corrected chi connectivity index (χ2v) is 30.0. The lowest BCUT2D eigenvalue weighted by atomic mass is 9.85. The zero-order valence-corrected chi connectivity index (χ0v) is 62.6. The lowest BCUT2D eigenvalue weighted by molar-refractivity contribution is -0.420. The number of carboxylic acid groups (broad SMARTS) is 4. The van der Waals surface area contributed by atoms with Crippen LogP contribution >= 0.6 is 7.82 Å². The van der Waals surface area contributed by atoms with Gasteiger partial charge in [0.25, 0.3) is 5.91 Å². The number of carbonyl (C=O) groups excluding carboxylic acids is 3. The average molecular weight is 1600 g/mol. The van der Waals surface area contributed by atoms with Gasteiger partial charge in [-0.3, -0.25) is 38.9 Å². The predicted molar refractivity (Wildman–Crippen MR) is 369 cm³/mol. The van der Waals surface area contributed by atoms with E-state index in [2.05, 4.69) is 75.4 Å². The van der Waals surface area contributed by atoms with E-state index < -0.39 is 246 Å². The third-order valence-electron chi connectivity index (χ3n) is 18.8. The third kappa shape index (κ3) is 25.6. The smallest absolute Gasteiger partial charge is 0.474 e. The number of aliphatic carboxylic acids is 4. The minimum Gasteiger partial charge on any atom is -0.510 e. The number of nitrogens with one attached hydrogen (secondary N) is 3. The lowest BCUT2D eigenvalue weighted by Crippen LogP contribution is -2.72. The van der Waals surface area contributed by atoms with Crippen LogP contribution in [-0.2, 0) is 94.5 Å². The van der Waals surface area contributed by atoms with Crippen molar-refractivity contribution in [3.8, 4) is 0 Å². The number of hydrogen-bond donors (Lipinski definition) is 20. The van der Waals surface area contributed by atoms with Crippen LogP contribution in [0.25, 0.3) is 0 Å².